The number of aliphatic carboxylic acids is 1. The fourth-order valence-corrected chi connectivity index (χ4v) is 2.86. The van der Waals surface area contributed by atoms with Gasteiger partial charge in [-0.15, -0.1) is 0 Å². The number of carboxylic acids is 1. The molecule has 0 saturated carbocycles. The highest BCUT2D eigenvalue weighted by atomic mass is 16.4. The lowest BCUT2D eigenvalue weighted by molar-refractivity contribution is -0.148. The van der Waals surface area contributed by atoms with Gasteiger partial charge >= 0.3 is 5.97 Å². The minimum absolute atomic E-state index is 0.0655. The van der Waals surface area contributed by atoms with E-state index in [0.717, 1.165) is 11.1 Å². The minimum Gasteiger partial charge on any atom is -0.480 e. The monoisotopic (exact) mass is 303 g/mol. The number of Topliss-reactive ketones (excluding diaryl/α,β-unsaturated/α-hetero) is 1. The number of carbonyl (C=O) groups excluding carboxylic acids is 2. The summed E-state index contributed by atoms with van der Waals surface area (Å²) in [5.41, 5.74) is 2.54. The Balaban J connectivity index is 1.97. The second kappa shape index (κ2) is 6.73. The molecule has 0 radical (unpaired) electrons. The molecule has 1 fully saturated rings. The van der Waals surface area contributed by atoms with Gasteiger partial charge in [0.2, 0.25) is 5.91 Å². The lowest BCUT2D eigenvalue weighted by Crippen LogP contribution is -2.40. The van der Waals surface area contributed by atoms with Crippen LogP contribution in [0.5, 0.6) is 0 Å². The summed E-state index contributed by atoms with van der Waals surface area (Å²) in [5, 5.41) is 9.09. The Labute approximate surface area is 129 Å². The average molecular weight is 303 g/mol. The summed E-state index contributed by atoms with van der Waals surface area (Å²) in [4.78, 5) is 36.9. The minimum atomic E-state index is -0.966. The molecule has 1 saturated heterocycles. The lowest BCUT2D eigenvalue weighted by atomic mass is 9.99. The van der Waals surface area contributed by atoms with Crippen LogP contribution in [0.2, 0.25) is 0 Å². The first-order valence-corrected chi connectivity index (χ1v) is 7.53. The van der Waals surface area contributed by atoms with Crippen LogP contribution in [0.1, 0.15) is 47.2 Å². The molecule has 5 heteroatoms. The number of ketones is 1. The van der Waals surface area contributed by atoms with E-state index >= 15 is 0 Å². The van der Waals surface area contributed by atoms with Crippen LogP contribution < -0.4 is 0 Å². The Hall–Kier alpha value is -2.17. The highest BCUT2D eigenvalue weighted by Crippen LogP contribution is 2.20. The van der Waals surface area contributed by atoms with E-state index in [0.29, 0.717) is 24.9 Å². The molecule has 0 aromatic heterocycles. The molecule has 1 aromatic rings. The number of likely N-dealkylation sites (tertiary alicyclic amines) is 1. The molecule has 0 unspecified atom stereocenters. The SMILES string of the molecule is Cc1ccc(C)c(C(=O)CCC(=O)N2CCC[C@@H]2C(=O)O)c1. The van der Waals surface area contributed by atoms with Crippen molar-refractivity contribution in [1.82, 2.24) is 4.90 Å². The number of amides is 1. The second-order valence-corrected chi connectivity index (χ2v) is 5.82. The molecule has 1 aliphatic rings. The van der Waals surface area contributed by atoms with Crippen molar-refractivity contribution in [3.05, 3.63) is 34.9 Å². The average Bonchev–Trinajstić information content (AvgIpc) is 2.96. The zero-order valence-electron chi connectivity index (χ0n) is 13.0. The summed E-state index contributed by atoms with van der Waals surface area (Å²) < 4.78 is 0. The van der Waals surface area contributed by atoms with Crippen molar-refractivity contribution < 1.29 is 19.5 Å². The molecule has 1 N–H and O–H groups in total. The molecule has 2 rings (SSSR count). The molecule has 0 spiro atoms. The number of aryl methyl sites for hydroxylation is 2. The van der Waals surface area contributed by atoms with Gasteiger partial charge in [0.25, 0.3) is 0 Å². The smallest absolute Gasteiger partial charge is 0.326 e. The predicted octanol–water partition coefficient (Wildman–Crippen LogP) is 2.34. The van der Waals surface area contributed by atoms with Crippen molar-refractivity contribution >= 4 is 17.7 Å². The first-order chi connectivity index (χ1) is 10.4. The predicted molar refractivity (Wildman–Crippen MR) is 81.9 cm³/mol. The molecule has 118 valence electrons. The molecule has 1 amide bonds. The van der Waals surface area contributed by atoms with Crippen molar-refractivity contribution in [3.63, 3.8) is 0 Å². The number of nitrogens with zero attached hydrogens (tertiary/aromatic N) is 1. The van der Waals surface area contributed by atoms with Gasteiger partial charge in [-0.25, -0.2) is 4.79 Å². The fourth-order valence-electron chi connectivity index (χ4n) is 2.86. The molecule has 1 atom stereocenters. The first kappa shape index (κ1) is 16.2. The van der Waals surface area contributed by atoms with Gasteiger partial charge in [-0.3, -0.25) is 9.59 Å². The second-order valence-electron chi connectivity index (χ2n) is 5.82. The maximum Gasteiger partial charge on any atom is 0.326 e. The van der Waals surface area contributed by atoms with Crippen molar-refractivity contribution in [3.8, 4) is 0 Å². The number of carbonyl (C=O) groups is 3. The van der Waals surface area contributed by atoms with Gasteiger partial charge in [-0.05, 0) is 38.3 Å². The summed E-state index contributed by atoms with van der Waals surface area (Å²) in [6, 6.07) is 4.94. The Kier molecular flexibility index (Phi) is 4.96. The van der Waals surface area contributed by atoms with E-state index in [2.05, 4.69) is 0 Å². The first-order valence-electron chi connectivity index (χ1n) is 7.53. The third kappa shape index (κ3) is 3.53. The third-order valence-electron chi connectivity index (χ3n) is 4.12. The lowest BCUT2D eigenvalue weighted by Gasteiger charge is -2.21. The molecule has 1 aliphatic heterocycles. The van der Waals surface area contributed by atoms with Crippen LogP contribution in [0, 0.1) is 13.8 Å². The van der Waals surface area contributed by atoms with E-state index in [1.54, 1.807) is 0 Å². The number of hydrogen-bond donors (Lipinski definition) is 1. The van der Waals surface area contributed by atoms with E-state index in [1.807, 2.05) is 32.0 Å². The van der Waals surface area contributed by atoms with Crippen molar-refractivity contribution in [2.24, 2.45) is 0 Å². The van der Waals surface area contributed by atoms with E-state index in [-0.39, 0.29) is 24.5 Å². The molecular formula is C17H21NO4. The van der Waals surface area contributed by atoms with Gasteiger partial charge in [0, 0.05) is 24.9 Å². The zero-order chi connectivity index (χ0) is 16.3. The van der Waals surface area contributed by atoms with Gasteiger partial charge in [-0.1, -0.05) is 17.7 Å². The molecule has 5 nitrogen and oxygen atoms in total. The number of hydrogen-bond acceptors (Lipinski definition) is 3. The number of rotatable bonds is 5. The van der Waals surface area contributed by atoms with Crippen LogP contribution in [0.15, 0.2) is 18.2 Å². The third-order valence-corrected chi connectivity index (χ3v) is 4.12. The molecular weight excluding hydrogens is 282 g/mol. The highest BCUT2D eigenvalue weighted by molar-refractivity contribution is 5.99. The van der Waals surface area contributed by atoms with Crippen LogP contribution >= 0.6 is 0 Å². The van der Waals surface area contributed by atoms with Gasteiger partial charge < -0.3 is 10.0 Å². The maximum atomic E-state index is 12.3. The van der Waals surface area contributed by atoms with Gasteiger partial charge in [0.05, 0.1) is 0 Å². The van der Waals surface area contributed by atoms with E-state index in [4.69, 9.17) is 5.11 Å². The highest BCUT2D eigenvalue weighted by Gasteiger charge is 2.33. The molecule has 0 bridgehead atoms. The maximum absolute atomic E-state index is 12.3. The van der Waals surface area contributed by atoms with Crippen LogP contribution in [0.3, 0.4) is 0 Å². The Morgan fingerprint density at radius 2 is 1.95 bits per heavy atom. The van der Waals surface area contributed by atoms with Crippen molar-refractivity contribution in [1.29, 1.82) is 0 Å². The quantitative estimate of drug-likeness (QED) is 0.847. The van der Waals surface area contributed by atoms with Crippen molar-refractivity contribution in [2.45, 2.75) is 45.6 Å². The number of carboxylic acid groups (broad SMARTS) is 1. The summed E-state index contributed by atoms with van der Waals surface area (Å²) in [6.45, 7) is 4.26. The van der Waals surface area contributed by atoms with E-state index in [1.165, 1.54) is 4.90 Å². The summed E-state index contributed by atoms with van der Waals surface area (Å²) >= 11 is 0. The standard InChI is InChI=1S/C17H21NO4/c1-11-5-6-12(2)13(10-11)15(19)7-8-16(20)18-9-3-4-14(18)17(21)22/h5-6,10,14H,3-4,7-9H2,1-2H3,(H,21,22)/t14-/m1/s1. The normalized spacial score (nSPS) is 17.5. The van der Waals surface area contributed by atoms with Crippen LogP contribution in [-0.4, -0.2) is 40.3 Å². The van der Waals surface area contributed by atoms with E-state index < -0.39 is 12.0 Å². The molecule has 1 heterocycles. The summed E-state index contributed by atoms with van der Waals surface area (Å²) in [6.07, 6.45) is 1.38. The zero-order valence-corrected chi connectivity index (χ0v) is 13.0. The Morgan fingerprint density at radius 1 is 1.23 bits per heavy atom. The van der Waals surface area contributed by atoms with Crippen LogP contribution in [0.4, 0.5) is 0 Å². The van der Waals surface area contributed by atoms with Gasteiger partial charge in [-0.2, -0.15) is 0 Å². The topological polar surface area (TPSA) is 74.7 Å². The summed E-state index contributed by atoms with van der Waals surface area (Å²) in [5.74, 6) is -1.28. The number of benzene rings is 1. The Morgan fingerprint density at radius 3 is 2.64 bits per heavy atom. The molecule has 0 aliphatic carbocycles. The van der Waals surface area contributed by atoms with Gasteiger partial charge in [0.1, 0.15) is 6.04 Å². The molecule has 1 aromatic carbocycles. The van der Waals surface area contributed by atoms with Gasteiger partial charge in [0.15, 0.2) is 5.78 Å². The van der Waals surface area contributed by atoms with Crippen LogP contribution in [0.25, 0.3) is 0 Å². The fraction of sp³-hybridized carbons (Fsp3) is 0.471. The van der Waals surface area contributed by atoms with Crippen molar-refractivity contribution in [2.75, 3.05) is 6.54 Å². The molecule has 22 heavy (non-hydrogen) atoms. The Bertz CT molecular complexity index is 609. The summed E-state index contributed by atoms with van der Waals surface area (Å²) in [7, 11) is 0. The van der Waals surface area contributed by atoms with E-state index in [9.17, 15) is 14.4 Å². The largest absolute Gasteiger partial charge is 0.480 e. The van der Waals surface area contributed by atoms with Crippen LogP contribution in [-0.2, 0) is 9.59 Å².